The molecule has 23 heavy (non-hydrogen) atoms. The van der Waals surface area contributed by atoms with E-state index in [0.717, 1.165) is 5.75 Å². The lowest BCUT2D eigenvalue weighted by molar-refractivity contribution is 0.203. The van der Waals surface area contributed by atoms with Crippen molar-refractivity contribution in [2.24, 2.45) is 5.73 Å². The highest BCUT2D eigenvalue weighted by Crippen LogP contribution is 2.26. The quantitative estimate of drug-likeness (QED) is 0.687. The summed E-state index contributed by atoms with van der Waals surface area (Å²) < 4.78 is 5.75. The van der Waals surface area contributed by atoms with Crippen LogP contribution >= 0.6 is 0 Å². The van der Waals surface area contributed by atoms with Gasteiger partial charge in [0.05, 0.1) is 11.5 Å². The third kappa shape index (κ3) is 4.64. The molecule has 3 aromatic rings. The minimum Gasteiger partial charge on any atom is -0.457 e. The lowest BCUT2D eigenvalue weighted by atomic mass is 10.2. The van der Waals surface area contributed by atoms with Crippen molar-refractivity contribution in [3.05, 3.63) is 65.2 Å². The molecule has 6 heteroatoms. The maximum Gasteiger partial charge on any atom is 0.274 e. The highest BCUT2D eigenvalue weighted by Gasteiger charge is 2.06. The Bertz CT molecular complexity index is 801. The molecule has 1 unspecified atom stereocenters. The Labute approximate surface area is 133 Å². The zero-order valence-corrected chi connectivity index (χ0v) is 12.8. The molecule has 0 aliphatic carbocycles. The van der Waals surface area contributed by atoms with Crippen molar-refractivity contribution >= 4 is 10.9 Å². The lowest BCUT2D eigenvalue weighted by Gasteiger charge is -2.07. The first-order valence-corrected chi connectivity index (χ1v) is 7.19. The molecule has 2 aromatic heterocycles. The zero-order valence-electron chi connectivity index (χ0n) is 12.8. The van der Waals surface area contributed by atoms with Gasteiger partial charge in [0.25, 0.3) is 5.56 Å². The lowest BCUT2D eigenvalue weighted by Crippen LogP contribution is -2.14. The Morgan fingerprint density at radius 1 is 1.26 bits per heavy atom. The number of aromatic nitrogens is 2. The number of nitrogens with two attached hydrogens (primary N) is 1. The summed E-state index contributed by atoms with van der Waals surface area (Å²) in [5.41, 5.74) is 5.09. The van der Waals surface area contributed by atoms with Crippen molar-refractivity contribution in [1.82, 2.24) is 9.97 Å². The number of fused-ring (bicyclic) bond motifs is 1. The van der Waals surface area contributed by atoms with E-state index in [9.17, 15) is 4.79 Å². The van der Waals surface area contributed by atoms with Gasteiger partial charge in [0, 0.05) is 18.9 Å². The molecule has 0 saturated heterocycles. The minimum atomic E-state index is -0.338. The van der Waals surface area contributed by atoms with Crippen molar-refractivity contribution < 1.29 is 9.84 Å². The molecular weight excluding hydrogens is 294 g/mol. The molecule has 3 rings (SSSR count). The Morgan fingerprint density at radius 3 is 2.61 bits per heavy atom. The number of H-pyrrole nitrogens is 1. The van der Waals surface area contributed by atoms with Crippen LogP contribution in [0.4, 0.5) is 0 Å². The van der Waals surface area contributed by atoms with Crippen LogP contribution in [0.2, 0.25) is 0 Å². The summed E-state index contributed by atoms with van der Waals surface area (Å²) in [6, 6.07) is 13.0. The fourth-order valence-corrected chi connectivity index (χ4v) is 1.77. The van der Waals surface area contributed by atoms with Gasteiger partial charge in [-0.2, -0.15) is 0 Å². The minimum absolute atomic E-state index is 0.217. The molecule has 4 N–H and O–H groups in total. The Kier molecular flexibility index (Phi) is 5.85. The Morgan fingerprint density at radius 2 is 1.96 bits per heavy atom. The van der Waals surface area contributed by atoms with E-state index >= 15 is 0 Å². The highest BCUT2D eigenvalue weighted by atomic mass is 16.5. The second-order valence-corrected chi connectivity index (χ2v) is 4.88. The van der Waals surface area contributed by atoms with Crippen LogP contribution in [0, 0.1) is 0 Å². The van der Waals surface area contributed by atoms with Gasteiger partial charge in [-0.1, -0.05) is 18.2 Å². The van der Waals surface area contributed by atoms with Crippen molar-refractivity contribution in [3.63, 3.8) is 0 Å². The molecule has 0 aliphatic heterocycles. The summed E-state index contributed by atoms with van der Waals surface area (Å²) in [6.07, 6.45) is 2.81. The first kappa shape index (κ1) is 16.7. The largest absolute Gasteiger partial charge is 0.457 e. The van der Waals surface area contributed by atoms with Gasteiger partial charge in [-0.3, -0.25) is 9.78 Å². The van der Waals surface area contributed by atoms with Crippen LogP contribution in [0.5, 0.6) is 11.5 Å². The summed E-state index contributed by atoms with van der Waals surface area (Å²) in [4.78, 5) is 18.3. The molecule has 2 heterocycles. The van der Waals surface area contributed by atoms with Gasteiger partial charge < -0.3 is 20.6 Å². The summed E-state index contributed by atoms with van der Waals surface area (Å²) in [7, 11) is 0. The topological polar surface area (TPSA) is 101 Å². The summed E-state index contributed by atoms with van der Waals surface area (Å²) >= 11 is 0. The molecule has 0 radical (unpaired) electrons. The maximum absolute atomic E-state index is 11.6. The van der Waals surface area contributed by atoms with Crippen LogP contribution in [0.1, 0.15) is 6.92 Å². The van der Waals surface area contributed by atoms with Crippen LogP contribution in [-0.2, 0) is 0 Å². The standard InChI is InChI=1S/C14H10N2O2.C3H9NO/c17-14-13-11(6-8-16-14)12(7-9-15-13)18-10-4-2-1-3-5-10;1-3(5)2-4/h1-9H,(H,16,17);3,5H,2,4H2,1H3. The Balaban J connectivity index is 0.000000338. The van der Waals surface area contributed by atoms with E-state index in [0.29, 0.717) is 23.2 Å². The first-order chi connectivity index (χ1) is 11.1. The van der Waals surface area contributed by atoms with Gasteiger partial charge in [0.15, 0.2) is 0 Å². The molecule has 1 atom stereocenters. The number of nitrogens with one attached hydrogen (secondary N) is 1. The predicted octanol–water partition coefficient (Wildman–Crippen LogP) is 2.04. The van der Waals surface area contributed by atoms with Gasteiger partial charge >= 0.3 is 0 Å². The van der Waals surface area contributed by atoms with Gasteiger partial charge in [0.1, 0.15) is 17.0 Å². The van der Waals surface area contributed by atoms with Crippen molar-refractivity contribution in [2.75, 3.05) is 6.54 Å². The number of ether oxygens (including phenoxy) is 1. The van der Waals surface area contributed by atoms with Crippen LogP contribution < -0.4 is 16.0 Å². The predicted molar refractivity (Wildman–Crippen MR) is 89.6 cm³/mol. The third-order valence-corrected chi connectivity index (χ3v) is 2.94. The normalized spacial score (nSPS) is 11.4. The molecule has 0 spiro atoms. The number of pyridine rings is 2. The fraction of sp³-hybridized carbons (Fsp3) is 0.176. The van der Waals surface area contributed by atoms with Crippen molar-refractivity contribution in [2.45, 2.75) is 13.0 Å². The zero-order chi connectivity index (χ0) is 16.7. The van der Waals surface area contributed by atoms with Crippen LogP contribution in [-0.4, -0.2) is 27.7 Å². The summed E-state index contributed by atoms with van der Waals surface area (Å²) in [5.74, 6) is 1.35. The van der Waals surface area contributed by atoms with E-state index < -0.39 is 0 Å². The molecule has 1 aromatic carbocycles. The second-order valence-electron chi connectivity index (χ2n) is 4.88. The number of aliphatic hydroxyl groups is 1. The van der Waals surface area contributed by atoms with Gasteiger partial charge in [-0.25, -0.2) is 0 Å². The molecule has 0 aliphatic rings. The van der Waals surface area contributed by atoms with Crippen molar-refractivity contribution in [1.29, 1.82) is 0 Å². The van der Waals surface area contributed by atoms with Crippen LogP contribution in [0.3, 0.4) is 0 Å². The molecule has 0 amide bonds. The summed E-state index contributed by atoms with van der Waals surface area (Å²) in [6.45, 7) is 2.01. The number of benzene rings is 1. The number of aliphatic hydroxyl groups excluding tert-OH is 1. The molecule has 0 fully saturated rings. The van der Waals surface area contributed by atoms with Gasteiger partial charge in [0.2, 0.25) is 0 Å². The van der Waals surface area contributed by atoms with Gasteiger partial charge in [-0.05, 0) is 31.2 Å². The fourth-order valence-electron chi connectivity index (χ4n) is 1.77. The highest BCUT2D eigenvalue weighted by molar-refractivity contribution is 5.83. The number of hydrogen-bond donors (Lipinski definition) is 3. The van der Waals surface area contributed by atoms with Crippen molar-refractivity contribution in [3.8, 4) is 11.5 Å². The molecular formula is C17H19N3O3. The SMILES string of the molecule is CC(O)CN.O=c1[nH]ccc2c(Oc3ccccc3)ccnc12. The van der Waals surface area contributed by atoms with Gasteiger partial charge in [-0.15, -0.1) is 0 Å². The van der Waals surface area contributed by atoms with E-state index in [1.807, 2.05) is 30.3 Å². The second kappa shape index (κ2) is 8.07. The summed E-state index contributed by atoms with van der Waals surface area (Å²) in [5, 5.41) is 8.94. The molecule has 6 nitrogen and oxygen atoms in total. The van der Waals surface area contributed by atoms with E-state index in [2.05, 4.69) is 9.97 Å². The molecule has 0 bridgehead atoms. The Hall–Kier alpha value is -2.70. The van der Waals surface area contributed by atoms with E-state index in [-0.39, 0.29) is 11.7 Å². The smallest absolute Gasteiger partial charge is 0.274 e. The number of nitrogens with zero attached hydrogens (tertiary/aromatic N) is 1. The van der Waals surface area contributed by atoms with Crippen LogP contribution in [0.25, 0.3) is 10.9 Å². The number of hydrogen-bond acceptors (Lipinski definition) is 5. The molecule has 0 saturated carbocycles. The monoisotopic (exact) mass is 313 g/mol. The number of rotatable bonds is 3. The van der Waals surface area contributed by atoms with E-state index in [1.165, 1.54) is 0 Å². The van der Waals surface area contributed by atoms with E-state index in [4.69, 9.17) is 15.6 Å². The maximum atomic E-state index is 11.6. The number of para-hydroxylation sites is 1. The van der Waals surface area contributed by atoms with E-state index in [1.54, 1.807) is 31.5 Å². The molecule has 120 valence electrons. The van der Waals surface area contributed by atoms with Crippen LogP contribution in [0.15, 0.2) is 59.7 Å². The average Bonchev–Trinajstić information content (AvgIpc) is 2.57. The first-order valence-electron chi connectivity index (χ1n) is 7.19. The number of aromatic amines is 1. The average molecular weight is 313 g/mol. The third-order valence-electron chi connectivity index (χ3n) is 2.94.